The Morgan fingerprint density at radius 3 is 2.35 bits per heavy atom. The molecule has 0 aliphatic heterocycles. The van der Waals surface area contributed by atoms with Crippen LogP contribution in [0.1, 0.15) is 57.8 Å². The topological polar surface area (TPSA) is 63.7 Å². The van der Waals surface area contributed by atoms with Crippen molar-refractivity contribution >= 4 is 22.5 Å². The van der Waals surface area contributed by atoms with Gasteiger partial charge in [-0.15, -0.1) is 11.3 Å². The van der Waals surface area contributed by atoms with Gasteiger partial charge in [0.1, 0.15) is 11.5 Å². The third-order valence-corrected chi connectivity index (χ3v) is 7.29. The van der Waals surface area contributed by atoms with E-state index in [0.29, 0.717) is 23.1 Å². The van der Waals surface area contributed by atoms with Gasteiger partial charge >= 0.3 is 6.03 Å². The SMILES string of the molecule is COc1ccc(OCC2CCC(N(C(=O)Nc3nccs3)C3CCCCC3)CC2)cc1. The minimum absolute atomic E-state index is 0.0276. The highest BCUT2D eigenvalue weighted by Gasteiger charge is 2.34. The summed E-state index contributed by atoms with van der Waals surface area (Å²) in [6.07, 6.45) is 12.0. The Bertz CT molecular complexity index is 798. The number of nitrogens with zero attached hydrogens (tertiary/aromatic N) is 2. The van der Waals surface area contributed by atoms with Gasteiger partial charge in [-0.2, -0.15) is 0 Å². The first-order valence-corrected chi connectivity index (χ1v) is 12.4. The number of hydrogen-bond donors (Lipinski definition) is 1. The Morgan fingerprint density at radius 1 is 1.03 bits per heavy atom. The number of carbonyl (C=O) groups is 1. The third-order valence-electron chi connectivity index (χ3n) is 6.60. The molecule has 0 spiro atoms. The first-order valence-electron chi connectivity index (χ1n) is 11.5. The van der Waals surface area contributed by atoms with Crippen LogP contribution in [-0.2, 0) is 0 Å². The highest BCUT2D eigenvalue weighted by atomic mass is 32.1. The number of benzene rings is 1. The summed E-state index contributed by atoms with van der Waals surface area (Å²) >= 11 is 1.48. The maximum atomic E-state index is 13.2. The third kappa shape index (κ3) is 5.91. The predicted octanol–water partition coefficient (Wildman–Crippen LogP) is 5.96. The number of nitrogens with one attached hydrogen (secondary N) is 1. The number of anilines is 1. The number of urea groups is 1. The summed E-state index contributed by atoms with van der Waals surface area (Å²) in [5, 5.41) is 5.63. The molecule has 0 unspecified atom stereocenters. The second-order valence-electron chi connectivity index (χ2n) is 8.63. The second-order valence-corrected chi connectivity index (χ2v) is 9.52. The molecular formula is C24H33N3O3S. The van der Waals surface area contributed by atoms with Crippen LogP contribution in [0, 0.1) is 5.92 Å². The average Bonchev–Trinajstić information content (AvgIpc) is 3.33. The second kappa shape index (κ2) is 10.8. The van der Waals surface area contributed by atoms with Crippen molar-refractivity contribution in [3.05, 3.63) is 35.8 Å². The zero-order valence-corrected chi connectivity index (χ0v) is 19.1. The van der Waals surface area contributed by atoms with Crippen LogP contribution in [0.2, 0.25) is 0 Å². The van der Waals surface area contributed by atoms with E-state index in [-0.39, 0.29) is 6.03 Å². The van der Waals surface area contributed by atoms with Gasteiger partial charge in [0.05, 0.1) is 13.7 Å². The lowest BCUT2D eigenvalue weighted by molar-refractivity contribution is 0.0935. The lowest BCUT2D eigenvalue weighted by Crippen LogP contribution is -2.51. The van der Waals surface area contributed by atoms with E-state index in [2.05, 4.69) is 15.2 Å². The maximum absolute atomic E-state index is 13.2. The number of methoxy groups -OCH3 is 1. The molecule has 31 heavy (non-hydrogen) atoms. The molecule has 4 rings (SSSR count). The van der Waals surface area contributed by atoms with E-state index >= 15 is 0 Å². The highest BCUT2D eigenvalue weighted by molar-refractivity contribution is 7.13. The van der Waals surface area contributed by atoms with E-state index in [1.807, 2.05) is 29.6 Å². The molecule has 2 fully saturated rings. The minimum Gasteiger partial charge on any atom is -0.497 e. The fourth-order valence-electron chi connectivity index (χ4n) is 4.91. The van der Waals surface area contributed by atoms with Crippen LogP contribution < -0.4 is 14.8 Å². The number of hydrogen-bond acceptors (Lipinski definition) is 5. The Labute approximate surface area is 189 Å². The summed E-state index contributed by atoms with van der Waals surface area (Å²) in [5.74, 6) is 2.26. The fraction of sp³-hybridized carbons (Fsp3) is 0.583. The highest BCUT2D eigenvalue weighted by Crippen LogP contribution is 2.33. The smallest absolute Gasteiger partial charge is 0.324 e. The fourth-order valence-corrected chi connectivity index (χ4v) is 5.42. The average molecular weight is 444 g/mol. The Morgan fingerprint density at radius 2 is 1.71 bits per heavy atom. The van der Waals surface area contributed by atoms with Crippen molar-refractivity contribution in [3.8, 4) is 11.5 Å². The molecule has 1 aromatic carbocycles. The lowest BCUT2D eigenvalue weighted by Gasteiger charge is -2.42. The number of rotatable bonds is 7. The zero-order valence-electron chi connectivity index (χ0n) is 18.3. The summed E-state index contributed by atoms with van der Waals surface area (Å²) < 4.78 is 11.2. The van der Waals surface area contributed by atoms with Crippen molar-refractivity contribution < 1.29 is 14.3 Å². The summed E-state index contributed by atoms with van der Waals surface area (Å²) in [7, 11) is 1.67. The van der Waals surface area contributed by atoms with Crippen molar-refractivity contribution in [2.45, 2.75) is 69.9 Å². The number of ether oxygens (including phenoxy) is 2. The molecule has 0 radical (unpaired) electrons. The molecule has 2 aliphatic carbocycles. The van der Waals surface area contributed by atoms with Gasteiger partial charge in [-0.25, -0.2) is 9.78 Å². The number of amides is 2. The van der Waals surface area contributed by atoms with Gasteiger partial charge in [0.15, 0.2) is 5.13 Å². The van der Waals surface area contributed by atoms with E-state index in [4.69, 9.17) is 9.47 Å². The van der Waals surface area contributed by atoms with Gasteiger partial charge in [-0.1, -0.05) is 19.3 Å². The summed E-state index contributed by atoms with van der Waals surface area (Å²) in [5.41, 5.74) is 0. The van der Waals surface area contributed by atoms with Gasteiger partial charge in [-0.05, 0) is 68.7 Å². The van der Waals surface area contributed by atoms with E-state index in [0.717, 1.165) is 56.6 Å². The van der Waals surface area contributed by atoms with Gasteiger partial charge in [0.25, 0.3) is 0 Å². The molecule has 2 aliphatic rings. The van der Waals surface area contributed by atoms with Crippen molar-refractivity contribution in [2.75, 3.05) is 19.0 Å². The Kier molecular flexibility index (Phi) is 7.67. The first kappa shape index (κ1) is 21.9. The van der Waals surface area contributed by atoms with E-state index in [9.17, 15) is 4.79 Å². The van der Waals surface area contributed by atoms with E-state index < -0.39 is 0 Å². The number of carbonyl (C=O) groups excluding carboxylic acids is 1. The molecule has 2 aromatic rings. The number of thiazole rings is 1. The van der Waals surface area contributed by atoms with Gasteiger partial charge in [-0.3, -0.25) is 5.32 Å². The quantitative estimate of drug-likeness (QED) is 0.574. The molecular weight excluding hydrogens is 410 g/mol. The standard InChI is InChI=1S/C24H33N3O3S/c1-29-21-11-13-22(14-12-21)30-17-18-7-9-20(10-8-18)27(19-5-3-2-4-6-19)24(28)26-23-25-15-16-31-23/h11-16,18-20H,2-10,17H2,1H3,(H,25,26,28). The van der Waals surface area contributed by atoms with Crippen molar-refractivity contribution in [2.24, 2.45) is 5.92 Å². The normalized spacial score (nSPS) is 22.0. The van der Waals surface area contributed by atoms with E-state index in [1.165, 1.54) is 30.6 Å². The van der Waals surface area contributed by atoms with Crippen molar-refractivity contribution in [1.82, 2.24) is 9.88 Å². The van der Waals surface area contributed by atoms with Crippen LogP contribution in [0.5, 0.6) is 11.5 Å². The van der Waals surface area contributed by atoms with Crippen molar-refractivity contribution in [3.63, 3.8) is 0 Å². The number of aromatic nitrogens is 1. The maximum Gasteiger partial charge on any atom is 0.324 e. The van der Waals surface area contributed by atoms with Crippen molar-refractivity contribution in [1.29, 1.82) is 0 Å². The van der Waals surface area contributed by atoms with Crippen LogP contribution in [0.25, 0.3) is 0 Å². The molecule has 0 atom stereocenters. The summed E-state index contributed by atoms with van der Waals surface area (Å²) in [4.78, 5) is 19.6. The van der Waals surface area contributed by atoms with Gasteiger partial charge < -0.3 is 14.4 Å². The predicted molar refractivity (Wildman–Crippen MR) is 124 cm³/mol. The molecule has 2 amide bonds. The van der Waals surface area contributed by atoms with Gasteiger partial charge in [0.2, 0.25) is 0 Å². The van der Waals surface area contributed by atoms with E-state index in [1.54, 1.807) is 13.3 Å². The Hall–Kier alpha value is -2.28. The van der Waals surface area contributed by atoms with Crippen LogP contribution in [0.15, 0.2) is 35.8 Å². The van der Waals surface area contributed by atoms with Crippen LogP contribution >= 0.6 is 11.3 Å². The molecule has 7 heteroatoms. The van der Waals surface area contributed by atoms with Crippen LogP contribution in [-0.4, -0.2) is 41.7 Å². The largest absolute Gasteiger partial charge is 0.497 e. The minimum atomic E-state index is 0.0276. The Balaban J connectivity index is 1.32. The van der Waals surface area contributed by atoms with Gasteiger partial charge in [0, 0.05) is 23.7 Å². The molecule has 6 nitrogen and oxygen atoms in total. The molecule has 0 bridgehead atoms. The molecule has 0 saturated heterocycles. The molecule has 1 aromatic heterocycles. The molecule has 1 heterocycles. The van der Waals surface area contributed by atoms with Crippen LogP contribution in [0.3, 0.4) is 0 Å². The first-order chi connectivity index (χ1) is 15.2. The summed E-state index contributed by atoms with van der Waals surface area (Å²) in [6, 6.07) is 8.45. The molecule has 168 valence electrons. The lowest BCUT2D eigenvalue weighted by atomic mass is 9.84. The molecule has 2 saturated carbocycles. The van der Waals surface area contributed by atoms with Crippen LogP contribution in [0.4, 0.5) is 9.93 Å². The monoisotopic (exact) mass is 443 g/mol. The zero-order chi connectivity index (χ0) is 21.5. The molecule has 1 N–H and O–H groups in total. The summed E-state index contributed by atoms with van der Waals surface area (Å²) in [6.45, 7) is 0.730.